The lowest BCUT2D eigenvalue weighted by atomic mass is 9.44. The Morgan fingerprint density at radius 3 is 2.96 bits per heavy atom. The molecule has 0 spiro atoms. The number of nitriles is 1. The molecular formula is C19H27BN4. The number of nitrogens with one attached hydrogen (secondary N) is 1. The number of hydrogen-bond donors (Lipinski definition) is 1. The van der Waals surface area contributed by atoms with Gasteiger partial charge in [-0.05, 0) is 44.0 Å². The maximum absolute atomic E-state index is 9.09. The van der Waals surface area contributed by atoms with Crippen molar-refractivity contribution in [1.29, 1.82) is 5.26 Å². The van der Waals surface area contributed by atoms with Crippen LogP contribution in [0, 0.1) is 11.2 Å². The summed E-state index contributed by atoms with van der Waals surface area (Å²) in [5.74, 6) is 3.69. The Morgan fingerprint density at radius 2 is 2.42 bits per heavy atom. The average molecular weight is 322 g/mol. The molecule has 0 bridgehead atoms. The summed E-state index contributed by atoms with van der Waals surface area (Å²) in [4.78, 5) is 6.99. The molecule has 1 fully saturated rings. The van der Waals surface area contributed by atoms with E-state index in [1.807, 2.05) is 19.3 Å². The van der Waals surface area contributed by atoms with Gasteiger partial charge in [-0.3, -0.25) is 0 Å². The molecule has 1 aromatic heterocycles. The van der Waals surface area contributed by atoms with Gasteiger partial charge < -0.3 is 10.2 Å². The summed E-state index contributed by atoms with van der Waals surface area (Å²) in [6.07, 6.45) is 7.70. The second-order valence-corrected chi connectivity index (χ2v) is 6.58. The molecule has 2 atom stereocenters. The zero-order valence-corrected chi connectivity index (χ0v) is 14.8. The fourth-order valence-corrected chi connectivity index (χ4v) is 3.29. The molecule has 0 aliphatic carbocycles. The van der Waals surface area contributed by atoms with Crippen LogP contribution in [-0.4, -0.2) is 31.3 Å². The van der Waals surface area contributed by atoms with Crippen molar-refractivity contribution in [1.82, 2.24) is 10.3 Å². The molecule has 5 heteroatoms. The first-order valence-corrected chi connectivity index (χ1v) is 8.69. The van der Waals surface area contributed by atoms with Crippen molar-refractivity contribution >= 4 is 12.5 Å². The highest BCUT2D eigenvalue weighted by Crippen LogP contribution is 2.27. The molecule has 0 aromatic carbocycles. The predicted molar refractivity (Wildman–Crippen MR) is 102 cm³/mol. The molecule has 0 radical (unpaired) electrons. The Kier molecular flexibility index (Phi) is 6.48. The maximum atomic E-state index is 9.09. The number of allylic oxidation sites excluding steroid dienone is 2. The van der Waals surface area contributed by atoms with Crippen LogP contribution in [-0.2, 0) is 0 Å². The van der Waals surface area contributed by atoms with Gasteiger partial charge in [0.05, 0.1) is 0 Å². The van der Waals surface area contributed by atoms with Gasteiger partial charge in [0, 0.05) is 43.4 Å². The first-order chi connectivity index (χ1) is 11.6. The minimum atomic E-state index is 0.181. The van der Waals surface area contributed by atoms with Gasteiger partial charge in [0.15, 0.2) is 0 Å². The second kappa shape index (κ2) is 8.59. The standard InChI is InChI=1S/C19H27BN4/c1-5-17(7-6-15(2)22-4)18-8-9-19(23-13-18)24-11-10-20(14-21)12-16(24)3/h5,8-9,13,16-17,22H,1-2,6-7,10-12H2,3-4H3. The summed E-state index contributed by atoms with van der Waals surface area (Å²) >= 11 is 0. The van der Waals surface area contributed by atoms with Crippen molar-refractivity contribution in [3.05, 3.63) is 48.8 Å². The van der Waals surface area contributed by atoms with E-state index in [-0.39, 0.29) is 6.71 Å². The zero-order chi connectivity index (χ0) is 17.5. The van der Waals surface area contributed by atoms with Crippen LogP contribution >= 0.6 is 0 Å². The van der Waals surface area contributed by atoms with E-state index in [1.54, 1.807) is 0 Å². The van der Waals surface area contributed by atoms with E-state index in [2.05, 4.69) is 53.4 Å². The predicted octanol–water partition coefficient (Wildman–Crippen LogP) is 3.63. The molecule has 24 heavy (non-hydrogen) atoms. The van der Waals surface area contributed by atoms with Crippen LogP contribution in [0.3, 0.4) is 0 Å². The summed E-state index contributed by atoms with van der Waals surface area (Å²) in [5, 5.41) is 12.2. The van der Waals surface area contributed by atoms with Crippen LogP contribution in [0.2, 0.25) is 12.6 Å². The summed E-state index contributed by atoms with van der Waals surface area (Å²) in [5.41, 5.74) is 2.23. The molecule has 0 saturated carbocycles. The topological polar surface area (TPSA) is 52.0 Å². The molecule has 1 aliphatic heterocycles. The van der Waals surface area contributed by atoms with Crippen molar-refractivity contribution in [3.63, 3.8) is 0 Å². The molecule has 1 aromatic rings. The van der Waals surface area contributed by atoms with E-state index in [0.29, 0.717) is 12.0 Å². The van der Waals surface area contributed by atoms with Gasteiger partial charge in [0.2, 0.25) is 0 Å². The average Bonchev–Trinajstić information content (AvgIpc) is 2.62. The SMILES string of the molecule is C=CC(CCC(=C)NC)c1ccc(N2CCB(C#N)CC2C)nc1. The fourth-order valence-electron chi connectivity index (χ4n) is 3.29. The van der Waals surface area contributed by atoms with E-state index < -0.39 is 0 Å². The number of rotatable bonds is 7. The molecule has 1 aliphatic rings. The monoisotopic (exact) mass is 322 g/mol. The number of anilines is 1. The number of aromatic nitrogens is 1. The number of nitrogens with zero attached hydrogens (tertiary/aromatic N) is 3. The van der Waals surface area contributed by atoms with Crippen molar-refractivity contribution in [3.8, 4) is 5.97 Å². The molecule has 4 nitrogen and oxygen atoms in total. The molecule has 1 saturated heterocycles. The Hall–Kier alpha value is -2.22. The molecule has 1 N–H and O–H groups in total. The second-order valence-electron chi connectivity index (χ2n) is 6.58. The lowest BCUT2D eigenvalue weighted by molar-refractivity contribution is 0.660. The summed E-state index contributed by atoms with van der Waals surface area (Å²) in [6.45, 7) is 11.2. The van der Waals surface area contributed by atoms with Crippen LogP contribution in [0.5, 0.6) is 0 Å². The van der Waals surface area contributed by atoms with Crippen LogP contribution in [0.1, 0.15) is 31.2 Å². The van der Waals surface area contributed by atoms with Gasteiger partial charge in [-0.15, -0.1) is 6.58 Å². The quantitative estimate of drug-likeness (QED) is 0.615. The first-order valence-electron chi connectivity index (χ1n) is 8.69. The lowest BCUT2D eigenvalue weighted by Crippen LogP contribution is -2.43. The summed E-state index contributed by atoms with van der Waals surface area (Å²) < 4.78 is 0. The van der Waals surface area contributed by atoms with Gasteiger partial charge in [-0.2, -0.15) is 0 Å². The fraction of sp³-hybridized carbons (Fsp3) is 0.474. The Balaban J connectivity index is 2.03. The van der Waals surface area contributed by atoms with E-state index in [9.17, 15) is 0 Å². The highest BCUT2D eigenvalue weighted by molar-refractivity contribution is 6.67. The number of hydrogen-bond acceptors (Lipinski definition) is 4. The summed E-state index contributed by atoms with van der Waals surface area (Å²) in [7, 11) is 1.90. The zero-order valence-electron chi connectivity index (χ0n) is 14.8. The van der Waals surface area contributed by atoms with E-state index in [0.717, 1.165) is 43.5 Å². The largest absolute Gasteiger partial charge is 0.392 e. The molecule has 126 valence electrons. The Morgan fingerprint density at radius 1 is 1.62 bits per heavy atom. The molecule has 0 amide bonds. The van der Waals surface area contributed by atoms with Crippen molar-refractivity contribution in [2.45, 2.75) is 44.4 Å². The molecule has 2 rings (SSSR count). The minimum absolute atomic E-state index is 0.181. The highest BCUT2D eigenvalue weighted by Gasteiger charge is 2.29. The third-order valence-corrected chi connectivity index (χ3v) is 4.95. The third-order valence-electron chi connectivity index (χ3n) is 4.95. The van der Waals surface area contributed by atoms with Crippen molar-refractivity contribution in [2.24, 2.45) is 0 Å². The molecule has 2 heterocycles. The van der Waals surface area contributed by atoms with E-state index in [1.165, 1.54) is 5.56 Å². The van der Waals surface area contributed by atoms with E-state index >= 15 is 0 Å². The van der Waals surface area contributed by atoms with Crippen LogP contribution in [0.15, 0.2) is 43.3 Å². The smallest absolute Gasteiger partial charge is 0.271 e. The van der Waals surface area contributed by atoms with E-state index in [4.69, 9.17) is 5.26 Å². The van der Waals surface area contributed by atoms with Gasteiger partial charge in [-0.1, -0.05) is 18.7 Å². The Labute approximate surface area is 146 Å². The highest BCUT2D eigenvalue weighted by atomic mass is 15.2. The minimum Gasteiger partial charge on any atom is -0.392 e. The lowest BCUT2D eigenvalue weighted by Gasteiger charge is -2.35. The maximum Gasteiger partial charge on any atom is 0.271 e. The van der Waals surface area contributed by atoms with Crippen LogP contribution < -0.4 is 10.2 Å². The normalized spacial score (nSPS) is 18.6. The van der Waals surface area contributed by atoms with Gasteiger partial charge in [0.25, 0.3) is 6.71 Å². The first kappa shape index (κ1) is 18.1. The van der Waals surface area contributed by atoms with Gasteiger partial charge in [-0.25, -0.2) is 10.2 Å². The Bertz CT molecular complexity index is 605. The number of pyridine rings is 1. The molecule has 2 unspecified atom stereocenters. The van der Waals surface area contributed by atoms with Gasteiger partial charge >= 0.3 is 0 Å². The third kappa shape index (κ3) is 4.41. The van der Waals surface area contributed by atoms with Crippen molar-refractivity contribution in [2.75, 3.05) is 18.5 Å². The molecular weight excluding hydrogens is 295 g/mol. The van der Waals surface area contributed by atoms with Crippen molar-refractivity contribution < 1.29 is 0 Å². The van der Waals surface area contributed by atoms with Crippen LogP contribution in [0.4, 0.5) is 5.82 Å². The summed E-state index contributed by atoms with van der Waals surface area (Å²) in [6, 6.07) is 4.61. The van der Waals surface area contributed by atoms with Crippen LogP contribution in [0.25, 0.3) is 0 Å². The van der Waals surface area contributed by atoms with Gasteiger partial charge in [0.1, 0.15) is 5.82 Å².